The lowest BCUT2D eigenvalue weighted by molar-refractivity contribution is -0.167. The molecule has 0 aliphatic rings. The molecule has 0 aromatic carbocycles. The van der Waals surface area contributed by atoms with Crippen LogP contribution < -0.4 is 0 Å². The molecule has 0 saturated carbocycles. The number of hydrogen-bond acceptors (Lipinski definition) is 6. The molecule has 0 amide bonds. The van der Waals surface area contributed by atoms with E-state index in [1.54, 1.807) is 0 Å². The molecular weight excluding hydrogens is 685 g/mol. The number of unbranched alkanes of at least 4 members (excludes halogenated alkanes) is 28. The number of ether oxygens (including phenoxy) is 3. The fourth-order valence-electron chi connectivity index (χ4n) is 6.82. The van der Waals surface area contributed by atoms with Gasteiger partial charge in [0.25, 0.3) is 0 Å². The summed E-state index contributed by atoms with van der Waals surface area (Å²) in [7, 11) is 0. The first-order chi connectivity index (χ1) is 27.0. The van der Waals surface area contributed by atoms with Crippen LogP contribution in [0.15, 0.2) is 24.3 Å². The van der Waals surface area contributed by atoms with Crippen LogP contribution >= 0.6 is 0 Å². The first kappa shape index (κ1) is 52.9. The van der Waals surface area contributed by atoms with Crippen molar-refractivity contribution in [3.05, 3.63) is 24.3 Å². The van der Waals surface area contributed by atoms with Gasteiger partial charge in [-0.25, -0.2) is 0 Å². The van der Waals surface area contributed by atoms with Crippen molar-refractivity contribution in [3.8, 4) is 0 Å². The van der Waals surface area contributed by atoms with Crippen LogP contribution in [0.5, 0.6) is 0 Å². The Bertz CT molecular complexity index is 896. The Balaban J connectivity index is 4.11. The van der Waals surface area contributed by atoms with E-state index in [0.29, 0.717) is 19.3 Å². The Labute approximate surface area is 341 Å². The fourth-order valence-corrected chi connectivity index (χ4v) is 6.82. The fraction of sp³-hybridized carbons (Fsp3) is 0.857. The van der Waals surface area contributed by atoms with Crippen molar-refractivity contribution in [1.82, 2.24) is 0 Å². The summed E-state index contributed by atoms with van der Waals surface area (Å²) in [5, 5.41) is 0. The molecule has 0 heterocycles. The zero-order valence-electron chi connectivity index (χ0n) is 36.7. The van der Waals surface area contributed by atoms with Crippen LogP contribution in [-0.4, -0.2) is 37.2 Å². The van der Waals surface area contributed by atoms with E-state index in [1.165, 1.54) is 141 Å². The van der Waals surface area contributed by atoms with Crippen LogP contribution in [0.25, 0.3) is 0 Å². The summed E-state index contributed by atoms with van der Waals surface area (Å²) in [6.45, 7) is 6.54. The minimum atomic E-state index is -0.763. The topological polar surface area (TPSA) is 78.9 Å². The Morgan fingerprint density at radius 1 is 0.364 bits per heavy atom. The van der Waals surface area contributed by atoms with Crippen LogP contribution in [0.3, 0.4) is 0 Å². The Morgan fingerprint density at radius 2 is 0.655 bits per heavy atom. The van der Waals surface area contributed by atoms with Gasteiger partial charge in [0.2, 0.25) is 0 Å². The molecule has 0 aliphatic heterocycles. The average Bonchev–Trinajstić information content (AvgIpc) is 3.18. The molecule has 0 aromatic rings. The van der Waals surface area contributed by atoms with Crippen LogP contribution in [0.1, 0.15) is 252 Å². The molecule has 0 aliphatic carbocycles. The lowest BCUT2D eigenvalue weighted by atomic mass is 10.1. The molecule has 0 bridgehead atoms. The van der Waals surface area contributed by atoms with E-state index in [-0.39, 0.29) is 31.1 Å². The zero-order chi connectivity index (χ0) is 40.1. The summed E-state index contributed by atoms with van der Waals surface area (Å²) in [5.41, 5.74) is 0. The van der Waals surface area contributed by atoms with Gasteiger partial charge in [0, 0.05) is 19.3 Å². The van der Waals surface area contributed by atoms with Crippen LogP contribution in [0.2, 0.25) is 0 Å². The molecule has 1 unspecified atom stereocenters. The standard InChI is InChI=1S/C49H90O6/c1-4-7-10-13-15-17-19-20-21-22-23-24-25-26-27-28-30-31-33-36-39-42-48(51)54-45-46(44-53-47(50)41-38-35-12-9-6-3)55-49(52)43-40-37-34-32-29-18-16-14-11-8-5-2/h19-20,22-23,46H,4-18,21,24-45H2,1-3H3/b20-19-,23-22-. The maximum Gasteiger partial charge on any atom is 0.306 e. The highest BCUT2D eigenvalue weighted by molar-refractivity contribution is 5.71. The summed E-state index contributed by atoms with van der Waals surface area (Å²) in [4.78, 5) is 37.5. The van der Waals surface area contributed by atoms with Gasteiger partial charge in [-0.2, -0.15) is 0 Å². The van der Waals surface area contributed by atoms with Crippen molar-refractivity contribution in [1.29, 1.82) is 0 Å². The van der Waals surface area contributed by atoms with Crippen molar-refractivity contribution in [3.63, 3.8) is 0 Å². The van der Waals surface area contributed by atoms with Crippen LogP contribution in [0, 0.1) is 0 Å². The highest BCUT2D eigenvalue weighted by Crippen LogP contribution is 2.15. The molecule has 0 spiro atoms. The van der Waals surface area contributed by atoms with E-state index in [2.05, 4.69) is 45.1 Å². The second-order valence-corrected chi connectivity index (χ2v) is 16.0. The summed E-state index contributed by atoms with van der Waals surface area (Å²) in [5.74, 6) is -0.883. The molecular formula is C49H90O6. The molecule has 55 heavy (non-hydrogen) atoms. The van der Waals surface area contributed by atoms with Crippen molar-refractivity contribution in [2.24, 2.45) is 0 Å². The number of carbonyl (C=O) groups excluding carboxylic acids is 3. The second kappa shape index (κ2) is 44.6. The quantitative estimate of drug-likeness (QED) is 0.0266. The third-order valence-corrected chi connectivity index (χ3v) is 10.5. The highest BCUT2D eigenvalue weighted by atomic mass is 16.6. The van der Waals surface area contributed by atoms with Crippen LogP contribution in [-0.2, 0) is 28.6 Å². The van der Waals surface area contributed by atoms with E-state index >= 15 is 0 Å². The molecule has 0 rings (SSSR count). The minimum Gasteiger partial charge on any atom is -0.462 e. The number of hydrogen-bond donors (Lipinski definition) is 0. The molecule has 0 aromatic heterocycles. The average molecular weight is 775 g/mol. The number of carbonyl (C=O) groups is 3. The maximum absolute atomic E-state index is 12.6. The first-order valence-corrected chi connectivity index (χ1v) is 23.8. The smallest absolute Gasteiger partial charge is 0.306 e. The summed E-state index contributed by atoms with van der Waals surface area (Å²) in [6.07, 6.45) is 49.1. The lowest BCUT2D eigenvalue weighted by Crippen LogP contribution is -2.30. The third kappa shape index (κ3) is 42.9. The molecule has 6 nitrogen and oxygen atoms in total. The Morgan fingerprint density at radius 3 is 1.00 bits per heavy atom. The van der Waals surface area contributed by atoms with E-state index in [9.17, 15) is 14.4 Å². The SMILES string of the molecule is CCCCCCC/C=C\C/C=C\CCCCCCCCCCCC(=O)OCC(COC(=O)CCCCCCC)OC(=O)CCCCCCCCCCCCC. The lowest BCUT2D eigenvalue weighted by Gasteiger charge is -2.18. The molecule has 322 valence electrons. The van der Waals surface area contributed by atoms with E-state index < -0.39 is 6.10 Å². The minimum absolute atomic E-state index is 0.0707. The monoisotopic (exact) mass is 775 g/mol. The van der Waals surface area contributed by atoms with Gasteiger partial charge in [0.1, 0.15) is 13.2 Å². The number of esters is 3. The summed E-state index contributed by atoms with van der Waals surface area (Å²) < 4.78 is 16.6. The Hall–Kier alpha value is -2.11. The molecule has 0 saturated heterocycles. The predicted octanol–water partition coefficient (Wildman–Crippen LogP) is 15.2. The predicted molar refractivity (Wildman–Crippen MR) is 233 cm³/mol. The van der Waals surface area contributed by atoms with Crippen molar-refractivity contribution in [2.75, 3.05) is 13.2 Å². The number of allylic oxidation sites excluding steroid dienone is 4. The molecule has 0 fully saturated rings. The maximum atomic E-state index is 12.6. The van der Waals surface area contributed by atoms with Crippen molar-refractivity contribution < 1.29 is 28.6 Å². The van der Waals surface area contributed by atoms with Gasteiger partial charge in [-0.3, -0.25) is 14.4 Å². The van der Waals surface area contributed by atoms with E-state index in [1.807, 2.05) is 0 Å². The van der Waals surface area contributed by atoms with Crippen molar-refractivity contribution >= 4 is 17.9 Å². The normalized spacial score (nSPS) is 12.1. The largest absolute Gasteiger partial charge is 0.462 e. The molecule has 6 heteroatoms. The van der Waals surface area contributed by atoms with E-state index in [4.69, 9.17) is 14.2 Å². The van der Waals surface area contributed by atoms with Gasteiger partial charge in [-0.05, 0) is 51.4 Å². The van der Waals surface area contributed by atoms with Crippen LogP contribution in [0.4, 0.5) is 0 Å². The third-order valence-electron chi connectivity index (χ3n) is 10.5. The molecule has 0 radical (unpaired) electrons. The van der Waals surface area contributed by atoms with Gasteiger partial charge in [0.05, 0.1) is 0 Å². The van der Waals surface area contributed by atoms with E-state index in [0.717, 1.165) is 70.6 Å². The summed E-state index contributed by atoms with van der Waals surface area (Å²) >= 11 is 0. The number of rotatable bonds is 43. The second-order valence-electron chi connectivity index (χ2n) is 16.0. The zero-order valence-corrected chi connectivity index (χ0v) is 36.7. The Kier molecular flexibility index (Phi) is 42.9. The van der Waals surface area contributed by atoms with Gasteiger partial charge in [0.15, 0.2) is 6.10 Å². The molecule has 0 N–H and O–H groups in total. The van der Waals surface area contributed by atoms with Gasteiger partial charge in [-0.1, -0.05) is 206 Å². The highest BCUT2D eigenvalue weighted by Gasteiger charge is 2.19. The summed E-state index contributed by atoms with van der Waals surface area (Å²) in [6, 6.07) is 0. The van der Waals surface area contributed by atoms with Crippen molar-refractivity contribution in [2.45, 2.75) is 258 Å². The van der Waals surface area contributed by atoms with Gasteiger partial charge < -0.3 is 14.2 Å². The van der Waals surface area contributed by atoms with Gasteiger partial charge in [-0.15, -0.1) is 0 Å². The van der Waals surface area contributed by atoms with Gasteiger partial charge >= 0.3 is 17.9 Å². The molecule has 1 atom stereocenters. The first-order valence-electron chi connectivity index (χ1n) is 23.8.